The molecule has 1 saturated heterocycles. The molecule has 272 valence electrons. The maximum absolute atomic E-state index is 12.2. The Morgan fingerprint density at radius 3 is 1.69 bits per heavy atom. The van der Waals surface area contributed by atoms with Crippen molar-refractivity contribution in [2.24, 2.45) is 5.92 Å². The van der Waals surface area contributed by atoms with Gasteiger partial charge < -0.3 is 35.1 Å². The van der Waals surface area contributed by atoms with Crippen LogP contribution in [0.3, 0.4) is 0 Å². The molecule has 1 aliphatic carbocycles. The first-order chi connectivity index (χ1) is 24.5. The lowest BCUT2D eigenvalue weighted by Gasteiger charge is -2.31. The van der Waals surface area contributed by atoms with Crippen LogP contribution in [0, 0.1) is 19.8 Å². The lowest BCUT2D eigenvalue weighted by molar-refractivity contribution is -0.166. The molecule has 0 unspecified atom stereocenters. The maximum atomic E-state index is 12.2. The lowest BCUT2D eigenvalue weighted by atomic mass is 9.86. The van der Waals surface area contributed by atoms with E-state index in [2.05, 4.69) is 44.4 Å². The molecule has 4 N–H and O–H groups in total. The van der Waals surface area contributed by atoms with Gasteiger partial charge in [-0.25, -0.2) is 19.2 Å². The number of carbonyl (C=O) groups excluding carboxylic acids is 5. The molecule has 0 bridgehead atoms. The number of anilines is 1. The number of rotatable bonds is 10. The summed E-state index contributed by atoms with van der Waals surface area (Å²) < 4.78 is 14.1. The van der Waals surface area contributed by atoms with Gasteiger partial charge in [-0.05, 0) is 95.0 Å². The maximum Gasteiger partial charge on any atom is 0.346 e. The molecule has 2 aliphatic rings. The lowest BCUT2D eigenvalue weighted by Crippen LogP contribution is -2.43. The highest BCUT2D eigenvalue weighted by Gasteiger charge is 2.36. The first-order valence-electron chi connectivity index (χ1n) is 17.2. The van der Waals surface area contributed by atoms with Crippen molar-refractivity contribution in [1.82, 2.24) is 5.32 Å². The van der Waals surface area contributed by atoms with Crippen LogP contribution in [-0.4, -0.2) is 71.5 Å². The predicted molar refractivity (Wildman–Crippen MR) is 188 cm³/mol. The van der Waals surface area contributed by atoms with Gasteiger partial charge in [-0.15, -0.1) is 0 Å². The molecule has 2 fully saturated rings. The van der Waals surface area contributed by atoms with Gasteiger partial charge in [-0.3, -0.25) is 4.79 Å². The number of aryl methyl sites for hydroxylation is 2. The van der Waals surface area contributed by atoms with Crippen LogP contribution >= 0.6 is 0 Å². The highest BCUT2D eigenvalue weighted by Crippen LogP contribution is 2.31. The quantitative estimate of drug-likeness (QED) is 0.130. The van der Waals surface area contributed by atoms with Crippen molar-refractivity contribution in [1.29, 1.82) is 0 Å². The summed E-state index contributed by atoms with van der Waals surface area (Å²) in [6.45, 7) is 6.87. The second kappa shape index (κ2) is 18.9. The fraction of sp³-hybridized carbons (Fsp3) is 0.410. The molecule has 1 saturated carbocycles. The number of piperidine rings is 1. The number of aliphatic hydroxyl groups excluding tert-OH is 2. The highest BCUT2D eigenvalue weighted by atomic mass is 16.6. The zero-order chi connectivity index (χ0) is 36.9. The summed E-state index contributed by atoms with van der Waals surface area (Å²) in [4.78, 5) is 59.5. The fourth-order valence-corrected chi connectivity index (χ4v) is 5.89. The molecule has 4 atom stereocenters. The van der Waals surface area contributed by atoms with Crippen LogP contribution in [0.2, 0.25) is 0 Å². The van der Waals surface area contributed by atoms with Gasteiger partial charge >= 0.3 is 29.8 Å². The van der Waals surface area contributed by atoms with Gasteiger partial charge in [0.1, 0.15) is 0 Å². The molecule has 12 nitrogen and oxygen atoms in total. The number of aliphatic hydroxyl groups is 2. The Labute approximate surface area is 297 Å². The first-order valence-corrected chi connectivity index (χ1v) is 17.2. The molecule has 0 spiro atoms. The standard InChI is InChI=1S/C20H18O8.C19H28N2O2/c1-11-3-7-13(8-4-11)17(23)27-19(25)15(21)16(22)20(26)28-18(24)14-9-5-12(2)6-10-14;1-2-23-19(22)17-8-5-13-20-18(17)14-9-11-16(12-10-14)21-15-6-3-4-7-15/h3-10,15-16,21-22H,1-2H3;9-12,15,17-18,20-21H,2-8,13H2,1H3/t15-,16-;17-,18-/m10/s1. The molecule has 1 aliphatic heterocycles. The van der Waals surface area contributed by atoms with Crippen LogP contribution in [0.15, 0.2) is 72.8 Å². The van der Waals surface area contributed by atoms with Crippen LogP contribution in [0.25, 0.3) is 0 Å². The Morgan fingerprint density at radius 2 is 1.22 bits per heavy atom. The summed E-state index contributed by atoms with van der Waals surface area (Å²) in [6.07, 6.45) is 2.33. The van der Waals surface area contributed by atoms with Gasteiger partial charge in [0.15, 0.2) is 12.2 Å². The van der Waals surface area contributed by atoms with Crippen LogP contribution < -0.4 is 10.6 Å². The van der Waals surface area contributed by atoms with Gasteiger partial charge in [0.05, 0.1) is 23.7 Å². The largest absolute Gasteiger partial charge is 0.466 e. The average Bonchev–Trinajstić information content (AvgIpc) is 3.65. The second-order valence-corrected chi connectivity index (χ2v) is 12.7. The SMILES string of the molecule is CCOC(=O)[C@H]1CCCN[C@H]1c1ccc(NC2CCCC2)cc1.Cc1ccc(C(=O)OC(=O)[C@H](O)[C@@H](O)C(=O)OC(=O)c2ccc(C)cc2)cc1. The molecule has 0 amide bonds. The van der Waals surface area contributed by atoms with Crippen molar-refractivity contribution in [2.45, 2.75) is 83.6 Å². The van der Waals surface area contributed by atoms with E-state index in [9.17, 15) is 34.2 Å². The van der Waals surface area contributed by atoms with Crippen LogP contribution in [0.1, 0.15) is 88.9 Å². The normalized spacial score (nSPS) is 18.3. The van der Waals surface area contributed by atoms with Crippen LogP contribution in [0.5, 0.6) is 0 Å². The first kappa shape index (κ1) is 38.9. The van der Waals surface area contributed by atoms with E-state index in [4.69, 9.17) is 4.74 Å². The average molecular weight is 703 g/mol. The third-order valence-corrected chi connectivity index (χ3v) is 8.79. The van der Waals surface area contributed by atoms with E-state index < -0.39 is 36.1 Å². The van der Waals surface area contributed by atoms with E-state index in [0.29, 0.717) is 12.6 Å². The molecular weight excluding hydrogens is 656 g/mol. The third-order valence-electron chi connectivity index (χ3n) is 8.79. The zero-order valence-corrected chi connectivity index (χ0v) is 29.1. The minimum absolute atomic E-state index is 0.0396. The minimum Gasteiger partial charge on any atom is -0.466 e. The van der Waals surface area contributed by atoms with E-state index in [1.165, 1.54) is 61.2 Å². The Hall–Kier alpha value is -4.91. The van der Waals surface area contributed by atoms with E-state index >= 15 is 0 Å². The molecule has 0 radical (unpaired) electrons. The summed E-state index contributed by atoms with van der Waals surface area (Å²) in [5, 5.41) is 26.6. The van der Waals surface area contributed by atoms with Gasteiger partial charge in [0.2, 0.25) is 0 Å². The van der Waals surface area contributed by atoms with Gasteiger partial charge in [-0.1, -0.05) is 60.4 Å². The summed E-state index contributed by atoms with van der Waals surface area (Å²) in [5.41, 5.74) is 4.19. The summed E-state index contributed by atoms with van der Waals surface area (Å²) in [6, 6.07) is 21.3. The van der Waals surface area contributed by atoms with E-state index in [1.807, 2.05) is 6.92 Å². The van der Waals surface area contributed by atoms with Crippen molar-refractivity contribution in [2.75, 3.05) is 18.5 Å². The van der Waals surface area contributed by atoms with Crippen molar-refractivity contribution in [3.8, 4) is 0 Å². The second-order valence-electron chi connectivity index (χ2n) is 12.7. The number of hydrogen-bond donors (Lipinski definition) is 4. The van der Waals surface area contributed by atoms with Crippen molar-refractivity contribution in [3.63, 3.8) is 0 Å². The molecule has 1 heterocycles. The third kappa shape index (κ3) is 11.3. The molecule has 0 aromatic heterocycles. The molecule has 12 heteroatoms. The molecule has 3 aromatic rings. The topological polar surface area (TPSA) is 178 Å². The molecule has 51 heavy (non-hydrogen) atoms. The number of esters is 5. The Kier molecular flexibility index (Phi) is 14.4. The van der Waals surface area contributed by atoms with E-state index in [0.717, 1.165) is 30.5 Å². The molecule has 3 aromatic carbocycles. The van der Waals surface area contributed by atoms with E-state index in [-0.39, 0.29) is 29.1 Å². The summed E-state index contributed by atoms with van der Waals surface area (Å²) >= 11 is 0. The van der Waals surface area contributed by atoms with Crippen LogP contribution in [0.4, 0.5) is 5.69 Å². The summed E-state index contributed by atoms with van der Waals surface area (Å²) in [7, 11) is 0. The van der Waals surface area contributed by atoms with Crippen molar-refractivity contribution < 1.29 is 48.4 Å². The van der Waals surface area contributed by atoms with Crippen molar-refractivity contribution in [3.05, 3.63) is 101 Å². The number of hydrogen-bond acceptors (Lipinski definition) is 12. The summed E-state index contributed by atoms with van der Waals surface area (Å²) in [5.74, 6) is -5.40. The number of ether oxygens (including phenoxy) is 3. The number of carbonyl (C=O) groups is 5. The minimum atomic E-state index is -2.41. The van der Waals surface area contributed by atoms with Crippen LogP contribution in [-0.2, 0) is 28.6 Å². The van der Waals surface area contributed by atoms with Crippen molar-refractivity contribution >= 4 is 35.5 Å². The molecular formula is C39H46N2O10. The predicted octanol–water partition coefficient (Wildman–Crippen LogP) is 4.74. The number of nitrogens with one attached hydrogen (secondary N) is 2. The Balaban J connectivity index is 0.000000233. The van der Waals surface area contributed by atoms with Gasteiger partial charge in [0, 0.05) is 17.8 Å². The Morgan fingerprint density at radius 1 is 0.725 bits per heavy atom. The fourth-order valence-electron chi connectivity index (χ4n) is 5.89. The monoisotopic (exact) mass is 702 g/mol. The zero-order valence-electron chi connectivity index (χ0n) is 29.1. The number of benzene rings is 3. The van der Waals surface area contributed by atoms with Gasteiger partial charge in [-0.2, -0.15) is 0 Å². The smallest absolute Gasteiger partial charge is 0.346 e. The van der Waals surface area contributed by atoms with Gasteiger partial charge in [0.25, 0.3) is 0 Å². The van der Waals surface area contributed by atoms with E-state index in [1.54, 1.807) is 38.1 Å². The Bertz CT molecular complexity index is 1560. The molecule has 5 rings (SSSR count). The highest BCUT2D eigenvalue weighted by molar-refractivity contribution is 6.01.